The summed E-state index contributed by atoms with van der Waals surface area (Å²) in [5.41, 5.74) is 7.04. The van der Waals surface area contributed by atoms with E-state index in [9.17, 15) is 0 Å². The van der Waals surface area contributed by atoms with Gasteiger partial charge in [-0.1, -0.05) is 83.1 Å². The van der Waals surface area contributed by atoms with E-state index in [0.717, 1.165) is 58.1 Å². The fourth-order valence-corrected chi connectivity index (χ4v) is 6.21. The smallest absolute Gasteiger partial charge is 0.250 e. The van der Waals surface area contributed by atoms with Crippen molar-refractivity contribution in [2.45, 2.75) is 118 Å². The number of hydrogen-bond acceptors (Lipinski definition) is 4. The molecule has 2 rings (SSSR count). The second-order valence-corrected chi connectivity index (χ2v) is 24.8. The first-order chi connectivity index (χ1) is 20.1. The van der Waals surface area contributed by atoms with Gasteiger partial charge in [-0.3, -0.25) is 0 Å². The Morgan fingerprint density at radius 1 is 0.614 bits per heavy atom. The molecule has 0 bridgehead atoms. The molecule has 0 fully saturated rings. The van der Waals surface area contributed by atoms with E-state index in [1.807, 2.05) is 6.07 Å². The third-order valence-corrected chi connectivity index (χ3v) is 17.8. The summed E-state index contributed by atoms with van der Waals surface area (Å²) < 4.78 is 25.6. The van der Waals surface area contributed by atoms with Crippen molar-refractivity contribution in [2.75, 3.05) is 14.2 Å². The Hall–Kier alpha value is -2.71. The van der Waals surface area contributed by atoms with E-state index < -0.39 is 16.6 Å². The Kier molecular flexibility index (Phi) is 12.4. The molecule has 244 valence electrons. The summed E-state index contributed by atoms with van der Waals surface area (Å²) >= 11 is 0. The number of ether oxygens (including phenoxy) is 2. The van der Waals surface area contributed by atoms with E-state index in [-0.39, 0.29) is 10.1 Å². The zero-order valence-corrected chi connectivity index (χ0v) is 32.7. The lowest BCUT2D eigenvalue weighted by Gasteiger charge is -2.39. The molecule has 2 aromatic carbocycles. The van der Waals surface area contributed by atoms with E-state index in [2.05, 4.69) is 138 Å². The van der Waals surface area contributed by atoms with Crippen LogP contribution in [0.2, 0.25) is 36.3 Å². The fourth-order valence-electron chi connectivity index (χ4n) is 4.17. The Morgan fingerprint density at radius 3 is 1.43 bits per heavy atom. The monoisotopic (exact) mass is 636 g/mol. The number of methoxy groups -OCH3 is 2. The van der Waals surface area contributed by atoms with Crippen LogP contribution < -0.4 is 18.3 Å². The average molecular weight is 637 g/mol. The normalized spacial score (nSPS) is 12.6. The van der Waals surface area contributed by atoms with Crippen LogP contribution in [0, 0.1) is 0 Å². The molecule has 0 spiro atoms. The molecule has 0 saturated heterocycles. The first-order valence-electron chi connectivity index (χ1n) is 15.9. The summed E-state index contributed by atoms with van der Waals surface area (Å²) in [5, 5.41) is 0.137. The number of hydrogen-bond donors (Lipinski definition) is 0. The number of benzene rings is 2. The van der Waals surface area contributed by atoms with Crippen LogP contribution in [0.3, 0.4) is 0 Å². The molecule has 44 heavy (non-hydrogen) atoms. The van der Waals surface area contributed by atoms with E-state index in [0.29, 0.717) is 0 Å². The lowest BCUT2D eigenvalue weighted by Crippen LogP contribution is -2.45. The van der Waals surface area contributed by atoms with Crippen LogP contribution in [0.1, 0.15) is 91.5 Å². The first kappa shape index (κ1) is 37.5. The molecule has 0 heterocycles. The van der Waals surface area contributed by atoms with Gasteiger partial charge in [-0.15, -0.1) is 0 Å². The maximum Gasteiger partial charge on any atom is 0.250 e. The minimum Gasteiger partial charge on any atom is -0.541 e. The molecular weight excluding hydrogens is 577 g/mol. The molecule has 6 heteroatoms. The molecule has 2 aromatic rings. The molecule has 0 atom stereocenters. The van der Waals surface area contributed by atoms with Crippen LogP contribution in [0.5, 0.6) is 23.0 Å². The average Bonchev–Trinajstić information content (AvgIpc) is 2.88. The Bertz CT molecular complexity index is 1330. The lowest BCUT2D eigenvalue weighted by atomic mass is 9.92. The molecule has 0 aromatic heterocycles. The van der Waals surface area contributed by atoms with Crippen molar-refractivity contribution in [3.8, 4) is 23.0 Å². The van der Waals surface area contributed by atoms with Crippen molar-refractivity contribution in [1.82, 2.24) is 0 Å². The molecule has 0 aliphatic heterocycles. The summed E-state index contributed by atoms with van der Waals surface area (Å²) in [6, 6.07) is 8.42. The molecule has 4 nitrogen and oxygen atoms in total. The van der Waals surface area contributed by atoms with Gasteiger partial charge in [-0.25, -0.2) is 0 Å². The third kappa shape index (κ3) is 9.64. The van der Waals surface area contributed by atoms with Crippen LogP contribution in [0.25, 0.3) is 12.2 Å². The van der Waals surface area contributed by atoms with Gasteiger partial charge in [0.05, 0.1) is 14.2 Å². The van der Waals surface area contributed by atoms with Gasteiger partial charge in [0.25, 0.3) is 16.6 Å². The molecule has 0 aliphatic carbocycles. The summed E-state index contributed by atoms with van der Waals surface area (Å²) in [5.74, 6) is 3.34. The lowest BCUT2D eigenvalue weighted by molar-refractivity contribution is 0.389. The zero-order valence-electron chi connectivity index (χ0n) is 30.7. The van der Waals surface area contributed by atoms with Crippen molar-refractivity contribution >= 4 is 28.8 Å². The molecule has 0 amide bonds. The van der Waals surface area contributed by atoms with E-state index in [1.54, 1.807) is 14.2 Å². The molecule has 0 radical (unpaired) electrons. The summed E-state index contributed by atoms with van der Waals surface area (Å²) in [4.78, 5) is 0. The van der Waals surface area contributed by atoms with E-state index >= 15 is 0 Å². The fraction of sp³-hybridized carbons (Fsp3) is 0.526. The highest BCUT2D eigenvalue weighted by Gasteiger charge is 2.42. The summed E-state index contributed by atoms with van der Waals surface area (Å²) in [7, 11) is -0.746. The second kappa shape index (κ2) is 14.6. The minimum absolute atomic E-state index is 0.0594. The third-order valence-electron chi connectivity index (χ3n) is 9.13. The Labute approximate surface area is 271 Å². The Morgan fingerprint density at radius 2 is 1.05 bits per heavy atom. The van der Waals surface area contributed by atoms with Gasteiger partial charge >= 0.3 is 0 Å². The maximum atomic E-state index is 6.95. The minimum atomic E-state index is -2.13. The Balaban J connectivity index is 2.80. The quantitative estimate of drug-likeness (QED) is 0.132. The van der Waals surface area contributed by atoms with Crippen LogP contribution in [-0.2, 0) is 12.8 Å². The van der Waals surface area contributed by atoms with Crippen molar-refractivity contribution in [2.24, 2.45) is 0 Å². The highest BCUT2D eigenvalue weighted by atomic mass is 28.4. The SMILES string of the molecule is COc1cc(OC)c(CC=C(C)C)c(/C=C/c2ccc(O[Si](C)(C)C(C)(C)C)c(O[Si](C)(C)C(C)(C)C)c2)c1CC=C(C)C. The van der Waals surface area contributed by atoms with Gasteiger partial charge in [0.1, 0.15) is 23.0 Å². The summed E-state index contributed by atoms with van der Waals surface area (Å²) in [6.07, 6.45) is 10.5. The van der Waals surface area contributed by atoms with Gasteiger partial charge in [0.15, 0.2) is 0 Å². The topological polar surface area (TPSA) is 36.9 Å². The standard InChI is InChI=1S/C38H60O4Si2/c1-27(2)17-21-31-30(32(22-18-28(3)4)35(40-12)26-34(31)39-11)23-19-29-20-24-33(41-43(13,14)37(5,6)7)36(25-29)42-44(15,16)38(8,9)10/h17-20,23-26H,21-22H2,1-16H3/b23-19+. The first-order valence-corrected chi connectivity index (χ1v) is 21.7. The van der Waals surface area contributed by atoms with Gasteiger partial charge in [0, 0.05) is 17.2 Å². The maximum absolute atomic E-state index is 6.95. The van der Waals surface area contributed by atoms with Crippen molar-refractivity contribution < 1.29 is 18.3 Å². The van der Waals surface area contributed by atoms with E-state index in [4.69, 9.17) is 18.3 Å². The predicted molar refractivity (Wildman–Crippen MR) is 197 cm³/mol. The number of allylic oxidation sites excluding steroid dienone is 4. The van der Waals surface area contributed by atoms with Crippen molar-refractivity contribution in [3.05, 3.63) is 69.8 Å². The molecule has 0 aliphatic rings. The van der Waals surface area contributed by atoms with Gasteiger partial charge in [0.2, 0.25) is 0 Å². The van der Waals surface area contributed by atoms with Crippen LogP contribution in [0.4, 0.5) is 0 Å². The second-order valence-electron chi connectivity index (χ2n) is 15.4. The largest absolute Gasteiger partial charge is 0.541 e. The van der Waals surface area contributed by atoms with Gasteiger partial charge < -0.3 is 18.3 Å². The van der Waals surface area contributed by atoms with Crippen LogP contribution >= 0.6 is 0 Å². The molecular formula is C38H60O4Si2. The van der Waals surface area contributed by atoms with Crippen LogP contribution in [0.15, 0.2) is 47.6 Å². The van der Waals surface area contributed by atoms with Gasteiger partial charge in [-0.2, -0.15) is 0 Å². The van der Waals surface area contributed by atoms with Crippen molar-refractivity contribution in [3.63, 3.8) is 0 Å². The highest BCUT2D eigenvalue weighted by molar-refractivity contribution is 6.75. The molecule has 0 N–H and O–H groups in total. The molecule has 0 unspecified atom stereocenters. The summed E-state index contributed by atoms with van der Waals surface area (Å²) in [6.45, 7) is 31.3. The zero-order chi connectivity index (χ0) is 33.7. The van der Waals surface area contributed by atoms with Crippen LogP contribution in [-0.4, -0.2) is 30.9 Å². The molecule has 0 saturated carbocycles. The highest BCUT2D eigenvalue weighted by Crippen LogP contribution is 2.44. The number of rotatable bonds is 12. The van der Waals surface area contributed by atoms with E-state index in [1.165, 1.54) is 11.1 Å². The predicted octanol–water partition coefficient (Wildman–Crippen LogP) is 11.7. The van der Waals surface area contributed by atoms with Crippen molar-refractivity contribution in [1.29, 1.82) is 0 Å². The van der Waals surface area contributed by atoms with Gasteiger partial charge in [-0.05, 0) is 100 Å².